The SMILES string of the molecule is Cc1ccc(-n2nnc(C(=O)NCC(C)CO)c2C2CC2)cc1. The van der Waals surface area contributed by atoms with Crippen LogP contribution in [0.15, 0.2) is 24.3 Å². The zero-order valence-electron chi connectivity index (χ0n) is 13.5. The third-order valence-corrected chi connectivity index (χ3v) is 4.09. The van der Waals surface area contributed by atoms with Crippen LogP contribution >= 0.6 is 0 Å². The second-order valence-electron chi connectivity index (χ2n) is 6.34. The van der Waals surface area contributed by atoms with Crippen molar-refractivity contribution >= 4 is 5.91 Å². The number of carbonyl (C=O) groups is 1. The summed E-state index contributed by atoms with van der Waals surface area (Å²) in [5.41, 5.74) is 3.40. The van der Waals surface area contributed by atoms with E-state index in [-0.39, 0.29) is 18.4 Å². The van der Waals surface area contributed by atoms with Crippen molar-refractivity contribution in [2.45, 2.75) is 32.6 Å². The van der Waals surface area contributed by atoms with Gasteiger partial charge in [0.1, 0.15) is 0 Å². The van der Waals surface area contributed by atoms with Crippen molar-refractivity contribution in [3.8, 4) is 5.69 Å². The molecule has 6 heteroatoms. The Hall–Kier alpha value is -2.21. The lowest BCUT2D eigenvalue weighted by Gasteiger charge is -2.10. The molecule has 1 saturated carbocycles. The minimum Gasteiger partial charge on any atom is -0.396 e. The number of aryl methyl sites for hydroxylation is 1. The average molecular weight is 314 g/mol. The maximum Gasteiger partial charge on any atom is 0.273 e. The molecule has 1 fully saturated rings. The molecule has 2 aromatic rings. The van der Waals surface area contributed by atoms with Crippen molar-refractivity contribution < 1.29 is 9.90 Å². The fourth-order valence-electron chi connectivity index (χ4n) is 2.47. The number of benzene rings is 1. The molecule has 0 radical (unpaired) electrons. The number of nitrogens with one attached hydrogen (secondary N) is 1. The van der Waals surface area contributed by atoms with Crippen molar-refractivity contribution in [1.29, 1.82) is 0 Å². The highest BCUT2D eigenvalue weighted by Gasteiger charge is 2.34. The van der Waals surface area contributed by atoms with Gasteiger partial charge in [-0.3, -0.25) is 4.79 Å². The Morgan fingerprint density at radius 3 is 2.70 bits per heavy atom. The Morgan fingerprint density at radius 1 is 1.39 bits per heavy atom. The summed E-state index contributed by atoms with van der Waals surface area (Å²) in [5, 5.41) is 20.2. The van der Waals surface area contributed by atoms with Crippen molar-refractivity contribution in [1.82, 2.24) is 20.3 Å². The first kappa shape index (κ1) is 15.7. The first-order valence-electron chi connectivity index (χ1n) is 8.02. The van der Waals surface area contributed by atoms with Gasteiger partial charge in [0.25, 0.3) is 5.91 Å². The van der Waals surface area contributed by atoms with Crippen LogP contribution in [0, 0.1) is 12.8 Å². The summed E-state index contributed by atoms with van der Waals surface area (Å²) >= 11 is 0. The lowest BCUT2D eigenvalue weighted by molar-refractivity contribution is 0.0936. The van der Waals surface area contributed by atoms with Crippen LogP contribution in [-0.4, -0.2) is 39.2 Å². The van der Waals surface area contributed by atoms with Crippen LogP contribution in [0.25, 0.3) is 5.69 Å². The topological polar surface area (TPSA) is 80.0 Å². The molecule has 0 spiro atoms. The minimum absolute atomic E-state index is 0.0236. The third kappa shape index (κ3) is 3.42. The van der Waals surface area contributed by atoms with E-state index in [1.807, 2.05) is 38.1 Å². The Morgan fingerprint density at radius 2 is 2.09 bits per heavy atom. The van der Waals surface area contributed by atoms with E-state index in [4.69, 9.17) is 5.11 Å². The van der Waals surface area contributed by atoms with E-state index in [1.54, 1.807) is 4.68 Å². The maximum absolute atomic E-state index is 12.4. The van der Waals surface area contributed by atoms with Gasteiger partial charge in [0.2, 0.25) is 0 Å². The molecular weight excluding hydrogens is 292 g/mol. The van der Waals surface area contributed by atoms with Crippen molar-refractivity contribution in [3.63, 3.8) is 0 Å². The predicted molar refractivity (Wildman–Crippen MR) is 86.7 cm³/mol. The van der Waals surface area contributed by atoms with E-state index in [9.17, 15) is 4.79 Å². The maximum atomic E-state index is 12.4. The van der Waals surface area contributed by atoms with Crippen molar-refractivity contribution in [3.05, 3.63) is 41.2 Å². The Balaban J connectivity index is 1.87. The minimum atomic E-state index is -0.217. The van der Waals surface area contributed by atoms with E-state index in [0.29, 0.717) is 18.2 Å². The van der Waals surface area contributed by atoms with Gasteiger partial charge in [-0.15, -0.1) is 5.10 Å². The van der Waals surface area contributed by atoms with E-state index in [1.165, 1.54) is 5.56 Å². The van der Waals surface area contributed by atoms with Crippen LogP contribution in [-0.2, 0) is 0 Å². The number of aromatic nitrogens is 3. The molecule has 1 aromatic carbocycles. The zero-order valence-corrected chi connectivity index (χ0v) is 13.5. The van der Waals surface area contributed by atoms with Gasteiger partial charge in [0.05, 0.1) is 11.4 Å². The van der Waals surface area contributed by atoms with Gasteiger partial charge in [0.15, 0.2) is 5.69 Å². The fourth-order valence-corrected chi connectivity index (χ4v) is 2.47. The molecule has 1 amide bonds. The number of carbonyl (C=O) groups excluding carboxylic acids is 1. The van der Waals surface area contributed by atoms with Crippen LogP contribution in [0.4, 0.5) is 0 Å². The summed E-state index contributed by atoms with van der Waals surface area (Å²) in [7, 11) is 0. The summed E-state index contributed by atoms with van der Waals surface area (Å²) in [4.78, 5) is 12.4. The fraction of sp³-hybridized carbons (Fsp3) is 0.471. The number of hydrogen-bond acceptors (Lipinski definition) is 4. The van der Waals surface area contributed by atoms with E-state index in [0.717, 1.165) is 24.2 Å². The van der Waals surface area contributed by atoms with Crippen LogP contribution in [0.2, 0.25) is 0 Å². The molecule has 1 aliphatic rings. The van der Waals surface area contributed by atoms with Crippen LogP contribution in [0.3, 0.4) is 0 Å². The Kier molecular flexibility index (Phi) is 4.43. The summed E-state index contributed by atoms with van der Waals surface area (Å²) in [6.45, 7) is 4.39. The molecule has 1 aliphatic carbocycles. The van der Waals surface area contributed by atoms with Gasteiger partial charge in [-0.2, -0.15) is 0 Å². The number of hydrogen-bond donors (Lipinski definition) is 2. The second kappa shape index (κ2) is 6.50. The largest absolute Gasteiger partial charge is 0.396 e. The molecule has 3 rings (SSSR count). The number of rotatable bonds is 6. The van der Waals surface area contributed by atoms with E-state index in [2.05, 4.69) is 15.6 Å². The zero-order chi connectivity index (χ0) is 16.4. The molecule has 0 saturated heterocycles. The van der Waals surface area contributed by atoms with Gasteiger partial charge in [0, 0.05) is 19.1 Å². The van der Waals surface area contributed by atoms with Crippen LogP contribution in [0.1, 0.15) is 47.4 Å². The normalized spacial score (nSPS) is 15.4. The number of amides is 1. The lowest BCUT2D eigenvalue weighted by Crippen LogP contribution is -2.30. The Labute approximate surface area is 135 Å². The summed E-state index contributed by atoms with van der Waals surface area (Å²) < 4.78 is 1.78. The highest BCUT2D eigenvalue weighted by Crippen LogP contribution is 2.41. The molecule has 0 bridgehead atoms. The molecule has 1 aromatic heterocycles. The molecular formula is C17H22N4O2. The van der Waals surface area contributed by atoms with Gasteiger partial charge in [-0.05, 0) is 37.8 Å². The molecule has 1 atom stereocenters. The highest BCUT2D eigenvalue weighted by atomic mass is 16.3. The van der Waals surface area contributed by atoms with E-state index < -0.39 is 0 Å². The molecule has 6 nitrogen and oxygen atoms in total. The van der Waals surface area contributed by atoms with Crippen LogP contribution < -0.4 is 5.32 Å². The van der Waals surface area contributed by atoms with Crippen LogP contribution in [0.5, 0.6) is 0 Å². The first-order chi connectivity index (χ1) is 11.1. The van der Waals surface area contributed by atoms with E-state index >= 15 is 0 Å². The van der Waals surface area contributed by atoms with Gasteiger partial charge >= 0.3 is 0 Å². The lowest BCUT2D eigenvalue weighted by atomic mass is 10.1. The average Bonchev–Trinajstić information content (AvgIpc) is 3.31. The first-order valence-corrected chi connectivity index (χ1v) is 8.02. The molecule has 1 heterocycles. The molecule has 1 unspecified atom stereocenters. The molecule has 2 N–H and O–H groups in total. The molecule has 23 heavy (non-hydrogen) atoms. The Bertz CT molecular complexity index is 689. The van der Waals surface area contributed by atoms with Gasteiger partial charge in [-0.1, -0.05) is 29.8 Å². The predicted octanol–water partition coefficient (Wildman–Crippen LogP) is 1.81. The highest BCUT2D eigenvalue weighted by molar-refractivity contribution is 5.93. The number of aliphatic hydroxyl groups excluding tert-OH is 1. The standard InChI is InChI=1S/C17H22N4O2/c1-11-3-7-14(8-4-11)21-16(13-5-6-13)15(19-20-21)17(23)18-9-12(2)10-22/h3-4,7-8,12-13,22H,5-6,9-10H2,1-2H3,(H,18,23). The second-order valence-corrected chi connectivity index (χ2v) is 6.34. The quantitative estimate of drug-likeness (QED) is 0.852. The van der Waals surface area contributed by atoms with Crippen molar-refractivity contribution in [2.75, 3.05) is 13.2 Å². The van der Waals surface area contributed by atoms with Gasteiger partial charge < -0.3 is 10.4 Å². The smallest absolute Gasteiger partial charge is 0.273 e. The monoisotopic (exact) mass is 314 g/mol. The summed E-state index contributed by atoms with van der Waals surface area (Å²) in [6, 6.07) is 8.03. The molecule has 0 aliphatic heterocycles. The summed E-state index contributed by atoms with van der Waals surface area (Å²) in [5.74, 6) is 0.156. The van der Waals surface area contributed by atoms with Gasteiger partial charge in [-0.25, -0.2) is 4.68 Å². The number of aliphatic hydroxyl groups is 1. The summed E-state index contributed by atoms with van der Waals surface area (Å²) in [6.07, 6.45) is 2.12. The van der Waals surface area contributed by atoms with Crippen molar-refractivity contribution in [2.24, 2.45) is 5.92 Å². The number of nitrogens with zero attached hydrogens (tertiary/aromatic N) is 3. The molecule has 122 valence electrons. The third-order valence-electron chi connectivity index (χ3n) is 4.09.